The van der Waals surface area contributed by atoms with Crippen molar-refractivity contribution in [1.29, 1.82) is 0 Å². The van der Waals surface area contributed by atoms with Crippen molar-refractivity contribution in [2.24, 2.45) is 0 Å². The van der Waals surface area contributed by atoms with Crippen LogP contribution in [0.15, 0.2) is 223 Å². The van der Waals surface area contributed by atoms with Gasteiger partial charge in [0.05, 0.1) is 11.0 Å². The molecule has 0 N–H and O–H groups in total. The molecule has 0 bridgehead atoms. The molecule has 0 saturated carbocycles. The van der Waals surface area contributed by atoms with Crippen LogP contribution in [0.25, 0.3) is 117 Å². The van der Waals surface area contributed by atoms with Crippen LogP contribution in [0.3, 0.4) is 0 Å². The number of fused-ring (bicyclic) bond motifs is 6. The van der Waals surface area contributed by atoms with Gasteiger partial charge in [0.2, 0.25) is 0 Å². The quantitative estimate of drug-likeness (QED) is 0.161. The minimum atomic E-state index is 0.592. The molecule has 0 aliphatic rings. The van der Waals surface area contributed by atoms with Crippen molar-refractivity contribution in [3.63, 3.8) is 0 Å². The van der Waals surface area contributed by atoms with Crippen molar-refractivity contribution >= 4 is 43.7 Å². The molecule has 62 heavy (non-hydrogen) atoms. The number of benzene rings is 9. The maximum absolute atomic E-state index is 6.65. The summed E-state index contributed by atoms with van der Waals surface area (Å²) in [6.45, 7) is 0. The fraction of sp³-hybridized carbons (Fsp3) is 0. The van der Waals surface area contributed by atoms with E-state index in [4.69, 9.17) is 19.4 Å². The lowest BCUT2D eigenvalue weighted by Crippen LogP contribution is -2.00. The Morgan fingerprint density at radius 1 is 0.274 bits per heavy atom. The predicted octanol–water partition coefficient (Wildman–Crippen LogP) is 14.9. The first kappa shape index (κ1) is 35.5. The van der Waals surface area contributed by atoms with Crippen LogP contribution in [0, 0.1) is 0 Å². The summed E-state index contributed by atoms with van der Waals surface area (Å²) in [6, 6.07) is 76.3. The minimum absolute atomic E-state index is 0.592. The second kappa shape index (κ2) is 14.7. The van der Waals surface area contributed by atoms with Crippen molar-refractivity contribution in [2.45, 2.75) is 0 Å². The van der Waals surface area contributed by atoms with E-state index >= 15 is 0 Å². The number of para-hydroxylation sites is 1. The predicted molar refractivity (Wildman–Crippen MR) is 254 cm³/mol. The van der Waals surface area contributed by atoms with Gasteiger partial charge in [-0.25, -0.2) is 15.0 Å². The second-order valence-electron chi connectivity index (χ2n) is 15.6. The Hall–Kier alpha value is -8.41. The second-order valence-corrected chi connectivity index (χ2v) is 15.6. The highest BCUT2D eigenvalue weighted by atomic mass is 16.3. The average Bonchev–Trinajstić information content (AvgIpc) is 3.88. The first-order valence-corrected chi connectivity index (χ1v) is 20.8. The molecule has 290 valence electrons. The summed E-state index contributed by atoms with van der Waals surface area (Å²) >= 11 is 0. The molecule has 12 aromatic rings. The maximum atomic E-state index is 6.65. The van der Waals surface area contributed by atoms with Gasteiger partial charge in [-0.2, -0.15) is 0 Å². The Labute approximate surface area is 357 Å². The maximum Gasteiger partial charge on any atom is 0.164 e. The molecule has 0 aliphatic heterocycles. The Kier molecular flexibility index (Phi) is 8.42. The van der Waals surface area contributed by atoms with E-state index in [2.05, 4.69) is 205 Å². The lowest BCUT2D eigenvalue weighted by atomic mass is 10.0. The van der Waals surface area contributed by atoms with Gasteiger partial charge in [0.25, 0.3) is 0 Å². The normalized spacial score (nSPS) is 11.5. The molecular formula is C57H36N4O. The first-order chi connectivity index (χ1) is 30.7. The SMILES string of the molecule is c1ccc(-c2ccc(-c3nc(-c4cccc(-c5ccccc5)c4)nc(-c4ccc5oc6cc7c(cc6c5c4)c4ccccc4n7-c4cccc(-c5ccccc5)c4)n3)cc2)cc1. The monoisotopic (exact) mass is 792 g/mol. The Morgan fingerprint density at radius 2 is 0.758 bits per heavy atom. The lowest BCUT2D eigenvalue weighted by molar-refractivity contribution is 0.669. The Balaban J connectivity index is 1.01. The zero-order valence-corrected chi connectivity index (χ0v) is 33.5. The summed E-state index contributed by atoms with van der Waals surface area (Å²) in [6.07, 6.45) is 0. The summed E-state index contributed by atoms with van der Waals surface area (Å²) in [7, 11) is 0. The number of hydrogen-bond acceptors (Lipinski definition) is 4. The summed E-state index contributed by atoms with van der Waals surface area (Å²) in [5, 5.41) is 4.39. The summed E-state index contributed by atoms with van der Waals surface area (Å²) in [5.74, 6) is 1.81. The van der Waals surface area contributed by atoms with E-state index in [0.717, 1.165) is 83.0 Å². The lowest BCUT2D eigenvalue weighted by Gasteiger charge is -2.10. The molecule has 0 spiro atoms. The number of rotatable bonds is 7. The molecule has 0 unspecified atom stereocenters. The fourth-order valence-electron chi connectivity index (χ4n) is 8.79. The van der Waals surface area contributed by atoms with Crippen molar-refractivity contribution in [1.82, 2.24) is 19.5 Å². The Bertz CT molecular complexity index is 3610. The third-order valence-corrected chi connectivity index (χ3v) is 11.8. The minimum Gasteiger partial charge on any atom is -0.456 e. The third-order valence-electron chi connectivity index (χ3n) is 11.8. The highest BCUT2D eigenvalue weighted by molar-refractivity contribution is 6.17. The molecule has 3 aromatic heterocycles. The van der Waals surface area contributed by atoms with Crippen LogP contribution in [0.4, 0.5) is 0 Å². The molecule has 9 aromatic carbocycles. The van der Waals surface area contributed by atoms with E-state index in [-0.39, 0.29) is 0 Å². The van der Waals surface area contributed by atoms with E-state index in [1.807, 2.05) is 18.2 Å². The fourth-order valence-corrected chi connectivity index (χ4v) is 8.79. The molecule has 0 saturated heterocycles. The van der Waals surface area contributed by atoms with Crippen LogP contribution in [-0.2, 0) is 0 Å². The van der Waals surface area contributed by atoms with Crippen molar-refractivity contribution < 1.29 is 4.42 Å². The molecule has 0 fully saturated rings. The molecule has 12 rings (SSSR count). The van der Waals surface area contributed by atoms with Gasteiger partial charge < -0.3 is 8.98 Å². The zero-order chi connectivity index (χ0) is 41.0. The van der Waals surface area contributed by atoms with Gasteiger partial charge in [0.1, 0.15) is 11.2 Å². The van der Waals surface area contributed by atoms with Crippen LogP contribution >= 0.6 is 0 Å². The first-order valence-electron chi connectivity index (χ1n) is 20.8. The van der Waals surface area contributed by atoms with Gasteiger partial charge in [0, 0.05) is 50.0 Å². The van der Waals surface area contributed by atoms with Gasteiger partial charge in [-0.15, -0.1) is 0 Å². The molecular weight excluding hydrogens is 757 g/mol. The molecule has 3 heterocycles. The summed E-state index contributed by atoms with van der Waals surface area (Å²) < 4.78 is 9.00. The van der Waals surface area contributed by atoms with Gasteiger partial charge >= 0.3 is 0 Å². The van der Waals surface area contributed by atoms with Crippen LogP contribution in [-0.4, -0.2) is 19.5 Å². The number of nitrogens with zero attached hydrogens (tertiary/aromatic N) is 4. The average molecular weight is 793 g/mol. The number of hydrogen-bond donors (Lipinski definition) is 0. The molecule has 5 nitrogen and oxygen atoms in total. The Morgan fingerprint density at radius 3 is 1.45 bits per heavy atom. The highest BCUT2D eigenvalue weighted by Gasteiger charge is 2.19. The standard InChI is InChI=1S/C57H36N4O/c1-4-14-37(15-5-1)40-26-28-41(29-27-40)55-58-56(44-22-12-20-42(32-44)38-16-6-2-7-17-38)60-57(59-55)45-30-31-53-49(34-45)50-35-48-47-24-10-11-25-51(47)61(52(48)36-54(50)62-53)46-23-13-21-43(33-46)39-18-8-3-9-19-39/h1-36H. The summed E-state index contributed by atoms with van der Waals surface area (Å²) in [4.78, 5) is 15.4. The number of aromatic nitrogens is 4. The topological polar surface area (TPSA) is 56.7 Å². The van der Waals surface area contributed by atoms with Gasteiger partial charge in [-0.05, 0) is 81.9 Å². The van der Waals surface area contributed by atoms with Crippen LogP contribution in [0.5, 0.6) is 0 Å². The van der Waals surface area contributed by atoms with Crippen LogP contribution in [0.1, 0.15) is 0 Å². The van der Waals surface area contributed by atoms with Gasteiger partial charge in [0.15, 0.2) is 17.5 Å². The van der Waals surface area contributed by atoms with Gasteiger partial charge in [-0.1, -0.05) is 164 Å². The molecule has 0 atom stereocenters. The molecule has 0 amide bonds. The van der Waals surface area contributed by atoms with E-state index in [1.165, 1.54) is 16.5 Å². The van der Waals surface area contributed by atoms with E-state index in [0.29, 0.717) is 17.5 Å². The van der Waals surface area contributed by atoms with Crippen molar-refractivity contribution in [3.8, 4) is 73.2 Å². The van der Waals surface area contributed by atoms with E-state index in [1.54, 1.807) is 0 Å². The molecule has 0 radical (unpaired) electrons. The number of furan rings is 1. The smallest absolute Gasteiger partial charge is 0.164 e. The third kappa shape index (κ3) is 6.23. The highest BCUT2D eigenvalue weighted by Crippen LogP contribution is 2.40. The molecule has 0 aliphatic carbocycles. The largest absolute Gasteiger partial charge is 0.456 e. The van der Waals surface area contributed by atoms with Crippen molar-refractivity contribution in [3.05, 3.63) is 218 Å². The van der Waals surface area contributed by atoms with Gasteiger partial charge in [-0.3, -0.25) is 0 Å². The van der Waals surface area contributed by atoms with Crippen molar-refractivity contribution in [2.75, 3.05) is 0 Å². The molecule has 5 heteroatoms. The van der Waals surface area contributed by atoms with E-state index in [9.17, 15) is 0 Å². The van der Waals surface area contributed by atoms with E-state index < -0.39 is 0 Å². The van der Waals surface area contributed by atoms with Crippen LogP contribution in [0.2, 0.25) is 0 Å². The summed E-state index contributed by atoms with van der Waals surface area (Å²) in [5.41, 5.74) is 14.5. The van der Waals surface area contributed by atoms with Crippen LogP contribution < -0.4 is 0 Å². The zero-order valence-electron chi connectivity index (χ0n) is 33.5.